The van der Waals surface area contributed by atoms with Gasteiger partial charge >= 0.3 is 8.56 Å². The van der Waals surface area contributed by atoms with Crippen molar-refractivity contribution in [3.8, 4) is 5.75 Å². The first kappa shape index (κ1) is 24.0. The summed E-state index contributed by atoms with van der Waals surface area (Å²) >= 11 is 0. The number of nitrogens with zero attached hydrogens (tertiary/aromatic N) is 2. The first-order valence-corrected chi connectivity index (χ1v) is 15.3. The highest BCUT2D eigenvalue weighted by atomic mass is 28.4. The summed E-state index contributed by atoms with van der Waals surface area (Å²) in [7, 11) is -2.20. The van der Waals surface area contributed by atoms with Gasteiger partial charge in [0.15, 0.2) is 0 Å². The standard InChI is InChI=1S/C29H36N2O3Si/c1-6-32-35(5,33-7-2)20-12-19-31-25-16-11-10-15-24(25)28(3,4)29(31)21-30-27-23-14-9-8-13-22(23)17-18-26(27)34-29/h8-11,13-18,21H,6-7,12,19-20H2,1-5H3. The molecule has 0 amide bonds. The van der Waals surface area contributed by atoms with E-state index in [4.69, 9.17) is 18.6 Å². The maximum atomic E-state index is 7.00. The Morgan fingerprint density at radius 3 is 2.43 bits per heavy atom. The molecule has 6 heteroatoms. The molecule has 0 aromatic heterocycles. The van der Waals surface area contributed by atoms with Gasteiger partial charge in [0.1, 0.15) is 11.4 Å². The predicted molar refractivity (Wildman–Crippen MR) is 147 cm³/mol. The maximum Gasteiger partial charge on any atom is 0.334 e. The van der Waals surface area contributed by atoms with E-state index in [1.165, 1.54) is 16.6 Å². The van der Waals surface area contributed by atoms with Crippen molar-refractivity contribution in [3.05, 3.63) is 66.2 Å². The summed E-state index contributed by atoms with van der Waals surface area (Å²) in [4.78, 5) is 7.48. The van der Waals surface area contributed by atoms with Gasteiger partial charge in [0, 0.05) is 30.8 Å². The number of para-hydroxylation sites is 1. The summed E-state index contributed by atoms with van der Waals surface area (Å²) in [5.74, 6) is 0.833. The van der Waals surface area contributed by atoms with Crippen LogP contribution in [0.2, 0.25) is 12.6 Å². The van der Waals surface area contributed by atoms with Crippen LogP contribution >= 0.6 is 0 Å². The van der Waals surface area contributed by atoms with Crippen LogP contribution in [0.15, 0.2) is 65.7 Å². The Bertz CT molecular complexity index is 1250. The molecule has 184 valence electrons. The first-order valence-electron chi connectivity index (χ1n) is 12.8. The van der Waals surface area contributed by atoms with Crippen LogP contribution < -0.4 is 9.64 Å². The number of fused-ring (bicyclic) bond motifs is 4. The highest BCUT2D eigenvalue weighted by Gasteiger charge is 2.59. The second-order valence-corrected chi connectivity index (χ2v) is 13.4. The van der Waals surface area contributed by atoms with Gasteiger partial charge in [0.25, 0.3) is 0 Å². The van der Waals surface area contributed by atoms with Crippen molar-refractivity contribution in [1.29, 1.82) is 0 Å². The molecule has 5 nitrogen and oxygen atoms in total. The molecule has 0 saturated carbocycles. The average Bonchev–Trinajstić information content (AvgIpc) is 3.03. The van der Waals surface area contributed by atoms with Crippen LogP contribution in [0.4, 0.5) is 11.4 Å². The monoisotopic (exact) mass is 488 g/mol. The van der Waals surface area contributed by atoms with E-state index in [0.29, 0.717) is 13.2 Å². The van der Waals surface area contributed by atoms with Gasteiger partial charge in [-0.25, -0.2) is 0 Å². The quantitative estimate of drug-likeness (QED) is 0.321. The van der Waals surface area contributed by atoms with Crippen LogP contribution in [0.5, 0.6) is 5.75 Å². The fourth-order valence-corrected chi connectivity index (χ4v) is 8.19. The Morgan fingerprint density at radius 2 is 1.66 bits per heavy atom. The van der Waals surface area contributed by atoms with E-state index in [9.17, 15) is 0 Å². The molecule has 5 rings (SSSR count). The van der Waals surface area contributed by atoms with E-state index >= 15 is 0 Å². The molecule has 2 aliphatic rings. The van der Waals surface area contributed by atoms with Gasteiger partial charge in [-0.3, -0.25) is 4.99 Å². The summed E-state index contributed by atoms with van der Waals surface area (Å²) in [6.07, 6.45) is 3.00. The number of benzene rings is 3. The molecule has 1 spiro atoms. The maximum absolute atomic E-state index is 7.00. The number of hydrogen-bond donors (Lipinski definition) is 0. The molecule has 2 aliphatic heterocycles. The minimum absolute atomic E-state index is 0.295. The Labute approximate surface area is 210 Å². The number of anilines is 1. The van der Waals surface area contributed by atoms with Crippen LogP contribution in [-0.4, -0.2) is 40.3 Å². The van der Waals surface area contributed by atoms with E-state index in [-0.39, 0.29) is 5.41 Å². The highest BCUT2D eigenvalue weighted by molar-refractivity contribution is 6.66. The lowest BCUT2D eigenvalue weighted by Crippen LogP contribution is -2.62. The van der Waals surface area contributed by atoms with E-state index in [0.717, 1.165) is 35.8 Å². The molecule has 1 atom stereocenters. The topological polar surface area (TPSA) is 43.3 Å². The van der Waals surface area contributed by atoms with Crippen molar-refractivity contribution in [3.63, 3.8) is 0 Å². The van der Waals surface area contributed by atoms with Crippen LogP contribution in [-0.2, 0) is 14.3 Å². The number of rotatable bonds is 8. The zero-order valence-electron chi connectivity index (χ0n) is 21.5. The van der Waals surface area contributed by atoms with E-state index in [2.05, 4.69) is 86.0 Å². The van der Waals surface area contributed by atoms with Crippen molar-refractivity contribution in [2.24, 2.45) is 4.99 Å². The zero-order chi connectivity index (χ0) is 24.7. The van der Waals surface area contributed by atoms with Gasteiger partial charge in [0.05, 0.1) is 11.6 Å². The Kier molecular flexibility index (Phi) is 6.24. The summed E-state index contributed by atoms with van der Waals surface area (Å²) in [6.45, 7) is 13.0. The van der Waals surface area contributed by atoms with Crippen molar-refractivity contribution >= 4 is 36.9 Å². The third kappa shape index (κ3) is 3.88. The van der Waals surface area contributed by atoms with Crippen LogP contribution in [0.3, 0.4) is 0 Å². The lowest BCUT2D eigenvalue weighted by atomic mass is 9.77. The van der Waals surface area contributed by atoms with Gasteiger partial charge in [0.2, 0.25) is 5.72 Å². The number of ether oxygens (including phenoxy) is 1. The molecule has 0 saturated heterocycles. The molecule has 0 N–H and O–H groups in total. The van der Waals surface area contributed by atoms with Crippen molar-refractivity contribution < 1.29 is 13.6 Å². The molecule has 0 fully saturated rings. The van der Waals surface area contributed by atoms with E-state index in [1.54, 1.807) is 0 Å². The summed E-state index contributed by atoms with van der Waals surface area (Å²) in [6, 6.07) is 22.2. The second kappa shape index (κ2) is 9.08. The fraction of sp³-hybridized carbons (Fsp3) is 0.414. The fourth-order valence-electron chi connectivity index (χ4n) is 5.80. The third-order valence-corrected chi connectivity index (χ3v) is 10.6. The Balaban J connectivity index is 1.52. The molecule has 0 bridgehead atoms. The normalized spacial score (nSPS) is 20.2. The van der Waals surface area contributed by atoms with Crippen molar-refractivity contribution in [2.45, 2.75) is 57.8 Å². The van der Waals surface area contributed by atoms with Crippen molar-refractivity contribution in [2.75, 3.05) is 24.7 Å². The molecule has 2 heterocycles. The molecule has 0 radical (unpaired) electrons. The first-order chi connectivity index (χ1) is 16.9. The second-order valence-electron chi connectivity index (χ2n) is 10.1. The van der Waals surface area contributed by atoms with Gasteiger partial charge in [-0.15, -0.1) is 0 Å². The lowest BCUT2D eigenvalue weighted by molar-refractivity contribution is 0.0775. The average molecular weight is 489 g/mol. The minimum atomic E-state index is -2.20. The van der Waals surface area contributed by atoms with Gasteiger partial charge in [-0.2, -0.15) is 0 Å². The van der Waals surface area contributed by atoms with Crippen LogP contribution in [0.25, 0.3) is 10.8 Å². The SMILES string of the molecule is CCO[Si](C)(CCCN1c2ccccc2C(C)(C)C12C=Nc1c(ccc3ccccc13)O2)OCC. The molecular formula is C29H36N2O3Si. The van der Waals surface area contributed by atoms with Crippen molar-refractivity contribution in [1.82, 2.24) is 0 Å². The molecular weight excluding hydrogens is 452 g/mol. The summed E-state index contributed by atoms with van der Waals surface area (Å²) in [5, 5.41) is 2.29. The molecule has 3 aromatic rings. The van der Waals surface area contributed by atoms with Gasteiger partial charge < -0.3 is 18.5 Å². The van der Waals surface area contributed by atoms with Crippen LogP contribution in [0.1, 0.15) is 39.7 Å². The highest BCUT2D eigenvalue weighted by Crippen LogP contribution is 2.54. The molecule has 1 unspecified atom stereocenters. The molecule has 35 heavy (non-hydrogen) atoms. The molecule has 0 aliphatic carbocycles. The molecule has 3 aromatic carbocycles. The smallest absolute Gasteiger partial charge is 0.334 e. The van der Waals surface area contributed by atoms with Crippen LogP contribution in [0, 0.1) is 0 Å². The van der Waals surface area contributed by atoms with Gasteiger partial charge in [-0.1, -0.05) is 48.5 Å². The zero-order valence-corrected chi connectivity index (χ0v) is 22.5. The third-order valence-electron chi connectivity index (χ3n) is 7.57. The van der Waals surface area contributed by atoms with E-state index in [1.807, 2.05) is 20.1 Å². The Morgan fingerprint density at radius 1 is 0.943 bits per heavy atom. The minimum Gasteiger partial charge on any atom is -0.459 e. The predicted octanol–water partition coefficient (Wildman–Crippen LogP) is 6.96. The number of hydrogen-bond acceptors (Lipinski definition) is 5. The lowest BCUT2D eigenvalue weighted by Gasteiger charge is -2.46. The summed E-state index contributed by atoms with van der Waals surface area (Å²) in [5.41, 5.74) is 2.40. The van der Waals surface area contributed by atoms with E-state index < -0.39 is 14.3 Å². The van der Waals surface area contributed by atoms with Gasteiger partial charge in [-0.05, 0) is 69.8 Å². The Hall–Kier alpha value is -2.67. The number of aliphatic imine (C=N–C) groups is 1. The summed E-state index contributed by atoms with van der Waals surface area (Å²) < 4.78 is 19.2. The largest absolute Gasteiger partial charge is 0.459 e.